The summed E-state index contributed by atoms with van der Waals surface area (Å²) in [5, 5.41) is 1.37. The number of nitrogens with one attached hydrogen (secondary N) is 1. The highest BCUT2D eigenvalue weighted by atomic mass is 16.5. The Bertz CT molecular complexity index is 989. The number of rotatable bonds is 2. The molecular weight excluding hydrogens is 284 g/mol. The molecule has 22 heavy (non-hydrogen) atoms. The fourth-order valence-corrected chi connectivity index (χ4v) is 2.52. The van der Waals surface area contributed by atoms with Crippen molar-refractivity contribution in [3.63, 3.8) is 0 Å². The quantitative estimate of drug-likeness (QED) is 0.553. The second-order valence-electron chi connectivity index (χ2n) is 4.80. The van der Waals surface area contributed by atoms with Crippen LogP contribution in [0.3, 0.4) is 0 Å². The van der Waals surface area contributed by atoms with Gasteiger partial charge in [-0.05, 0) is 23.6 Å². The molecule has 0 fully saturated rings. The molecule has 1 heterocycles. The van der Waals surface area contributed by atoms with Gasteiger partial charge in [0, 0.05) is 16.5 Å². The monoisotopic (exact) mass is 296 g/mol. The molecule has 1 amide bonds. The normalized spacial score (nSPS) is 10.8. The van der Waals surface area contributed by atoms with Crippen LogP contribution in [0.1, 0.15) is 20.7 Å². The van der Waals surface area contributed by atoms with Crippen LogP contribution in [0, 0.1) is 0 Å². The molecule has 2 aromatic carbocycles. The van der Waals surface area contributed by atoms with E-state index >= 15 is 0 Å². The number of benzene rings is 2. The van der Waals surface area contributed by atoms with E-state index in [-0.39, 0.29) is 16.5 Å². The number of aromatic amines is 1. The van der Waals surface area contributed by atoms with Crippen LogP contribution in [-0.2, 0) is 4.74 Å². The summed E-state index contributed by atoms with van der Waals surface area (Å²) in [6, 6.07) is 9.91. The van der Waals surface area contributed by atoms with E-state index < -0.39 is 17.4 Å². The number of hydrogen-bond donors (Lipinski definition) is 2. The number of esters is 1. The summed E-state index contributed by atoms with van der Waals surface area (Å²) in [7, 11) is 1.21. The van der Waals surface area contributed by atoms with Gasteiger partial charge in [0.05, 0.1) is 18.1 Å². The first-order chi connectivity index (χ1) is 10.5. The number of ether oxygens (including phenoxy) is 1. The van der Waals surface area contributed by atoms with E-state index in [1.165, 1.54) is 19.2 Å². The lowest BCUT2D eigenvalue weighted by Gasteiger charge is -2.09. The van der Waals surface area contributed by atoms with Crippen molar-refractivity contribution in [1.29, 1.82) is 0 Å². The molecule has 6 nitrogen and oxygen atoms in total. The second-order valence-corrected chi connectivity index (χ2v) is 4.80. The molecule has 3 N–H and O–H groups in total. The number of pyridine rings is 1. The maximum absolute atomic E-state index is 12.3. The van der Waals surface area contributed by atoms with Gasteiger partial charge in [0.25, 0.3) is 5.56 Å². The van der Waals surface area contributed by atoms with E-state index in [9.17, 15) is 14.4 Å². The van der Waals surface area contributed by atoms with E-state index in [4.69, 9.17) is 10.5 Å². The van der Waals surface area contributed by atoms with Gasteiger partial charge in [-0.2, -0.15) is 0 Å². The molecule has 1 aromatic heterocycles. The lowest BCUT2D eigenvalue weighted by atomic mass is 9.98. The van der Waals surface area contributed by atoms with Crippen molar-refractivity contribution in [2.75, 3.05) is 7.11 Å². The fourth-order valence-electron chi connectivity index (χ4n) is 2.52. The second kappa shape index (κ2) is 5.00. The molecule has 0 aliphatic heterocycles. The Morgan fingerprint density at radius 2 is 1.86 bits per heavy atom. The zero-order valence-electron chi connectivity index (χ0n) is 11.7. The summed E-state index contributed by atoms with van der Waals surface area (Å²) in [4.78, 5) is 38.5. The van der Waals surface area contributed by atoms with Gasteiger partial charge < -0.3 is 15.5 Å². The van der Waals surface area contributed by atoms with Crippen LogP contribution in [0.5, 0.6) is 0 Å². The van der Waals surface area contributed by atoms with E-state index in [1.807, 2.05) is 0 Å². The molecule has 0 atom stereocenters. The average molecular weight is 296 g/mol. The van der Waals surface area contributed by atoms with Gasteiger partial charge in [-0.1, -0.05) is 18.2 Å². The highest BCUT2D eigenvalue weighted by Crippen LogP contribution is 2.25. The Balaban J connectivity index is 2.59. The number of methoxy groups -OCH3 is 1. The minimum atomic E-state index is -0.700. The van der Waals surface area contributed by atoms with Crippen LogP contribution in [0.25, 0.3) is 21.7 Å². The van der Waals surface area contributed by atoms with Crippen molar-refractivity contribution in [3.8, 4) is 0 Å². The molecule has 0 unspecified atom stereocenters. The van der Waals surface area contributed by atoms with E-state index in [0.29, 0.717) is 16.3 Å². The number of hydrogen-bond acceptors (Lipinski definition) is 4. The number of para-hydroxylation sites is 1. The van der Waals surface area contributed by atoms with Crippen LogP contribution in [0.15, 0.2) is 41.2 Å². The molecule has 0 bridgehead atoms. The van der Waals surface area contributed by atoms with Crippen LogP contribution in [0.2, 0.25) is 0 Å². The molecular formula is C16H12N2O4. The van der Waals surface area contributed by atoms with Crippen molar-refractivity contribution in [2.24, 2.45) is 5.73 Å². The summed E-state index contributed by atoms with van der Waals surface area (Å²) in [5.41, 5.74) is 5.66. The minimum Gasteiger partial charge on any atom is -0.465 e. The highest BCUT2D eigenvalue weighted by molar-refractivity contribution is 6.15. The van der Waals surface area contributed by atoms with Crippen LogP contribution < -0.4 is 11.3 Å². The van der Waals surface area contributed by atoms with Crippen molar-refractivity contribution in [3.05, 3.63) is 57.9 Å². The Hall–Kier alpha value is -3.15. The Kier molecular flexibility index (Phi) is 3.14. The number of aromatic nitrogens is 1. The first-order valence-corrected chi connectivity index (χ1v) is 6.50. The molecule has 0 saturated heterocycles. The third-order valence-electron chi connectivity index (χ3n) is 3.52. The smallest absolute Gasteiger partial charge is 0.338 e. The molecule has 0 saturated carbocycles. The first-order valence-electron chi connectivity index (χ1n) is 6.50. The number of H-pyrrole nitrogens is 1. The third kappa shape index (κ3) is 2.01. The number of carbonyl (C=O) groups is 2. The predicted octanol–water partition coefficient (Wildman–Crippen LogP) is 1.57. The number of amides is 1. The topological polar surface area (TPSA) is 102 Å². The number of fused-ring (bicyclic) bond motifs is 3. The summed E-state index contributed by atoms with van der Waals surface area (Å²) in [6.07, 6.45) is 0. The number of carbonyl (C=O) groups excluding carboxylic acids is 2. The summed E-state index contributed by atoms with van der Waals surface area (Å²) < 4.78 is 4.70. The maximum atomic E-state index is 12.3. The SMILES string of the molecule is COC(=O)c1cc(C(N)=O)cc2c1c(=O)[nH]c1ccccc12. The van der Waals surface area contributed by atoms with Crippen LogP contribution >= 0.6 is 0 Å². The van der Waals surface area contributed by atoms with E-state index in [2.05, 4.69) is 4.98 Å². The fraction of sp³-hybridized carbons (Fsp3) is 0.0625. The van der Waals surface area contributed by atoms with Crippen molar-refractivity contribution < 1.29 is 14.3 Å². The van der Waals surface area contributed by atoms with Gasteiger partial charge in [-0.25, -0.2) is 4.79 Å². The molecule has 0 aliphatic rings. The number of nitrogens with two attached hydrogens (primary N) is 1. The summed E-state index contributed by atoms with van der Waals surface area (Å²) >= 11 is 0. The number of primary amides is 1. The molecule has 0 radical (unpaired) electrons. The molecule has 3 rings (SSSR count). The third-order valence-corrected chi connectivity index (χ3v) is 3.52. The Labute approximate surface area is 124 Å². The molecule has 0 aliphatic carbocycles. The summed E-state index contributed by atoms with van der Waals surface area (Å²) in [5.74, 6) is -1.38. The highest BCUT2D eigenvalue weighted by Gasteiger charge is 2.18. The largest absolute Gasteiger partial charge is 0.465 e. The van der Waals surface area contributed by atoms with Gasteiger partial charge in [0.15, 0.2) is 0 Å². The zero-order valence-corrected chi connectivity index (χ0v) is 11.7. The standard InChI is InChI=1S/C16H12N2O4/c1-22-16(21)11-7-8(14(17)19)6-10-9-4-2-3-5-12(9)18-15(20)13(10)11/h2-7H,1H3,(H2,17,19)(H,18,20). The molecule has 0 spiro atoms. The van der Waals surface area contributed by atoms with Gasteiger partial charge in [0.1, 0.15) is 0 Å². The van der Waals surface area contributed by atoms with Gasteiger partial charge >= 0.3 is 5.97 Å². The predicted molar refractivity (Wildman–Crippen MR) is 81.9 cm³/mol. The first kappa shape index (κ1) is 13.8. The van der Waals surface area contributed by atoms with Gasteiger partial charge in [-0.15, -0.1) is 0 Å². The Morgan fingerprint density at radius 3 is 2.55 bits per heavy atom. The zero-order chi connectivity index (χ0) is 15.9. The van der Waals surface area contributed by atoms with Gasteiger partial charge in [-0.3, -0.25) is 9.59 Å². The maximum Gasteiger partial charge on any atom is 0.338 e. The van der Waals surface area contributed by atoms with Crippen molar-refractivity contribution in [2.45, 2.75) is 0 Å². The van der Waals surface area contributed by atoms with Crippen molar-refractivity contribution in [1.82, 2.24) is 4.98 Å². The molecule has 6 heteroatoms. The lowest BCUT2D eigenvalue weighted by Crippen LogP contribution is -2.17. The summed E-state index contributed by atoms with van der Waals surface area (Å²) in [6.45, 7) is 0. The van der Waals surface area contributed by atoms with Gasteiger partial charge in [0.2, 0.25) is 5.91 Å². The molecule has 3 aromatic rings. The van der Waals surface area contributed by atoms with Crippen LogP contribution in [-0.4, -0.2) is 24.0 Å². The van der Waals surface area contributed by atoms with Crippen molar-refractivity contribution >= 4 is 33.6 Å². The average Bonchev–Trinajstić information content (AvgIpc) is 2.53. The minimum absolute atomic E-state index is 0.0146. The van der Waals surface area contributed by atoms with E-state index in [1.54, 1.807) is 24.3 Å². The van der Waals surface area contributed by atoms with E-state index in [0.717, 1.165) is 0 Å². The lowest BCUT2D eigenvalue weighted by molar-refractivity contribution is 0.0603. The van der Waals surface area contributed by atoms with Crippen LogP contribution in [0.4, 0.5) is 0 Å². The Morgan fingerprint density at radius 1 is 1.14 bits per heavy atom. The molecule has 110 valence electrons.